The van der Waals surface area contributed by atoms with Crippen LogP contribution in [0.2, 0.25) is 0 Å². The van der Waals surface area contributed by atoms with Crippen LogP contribution in [0, 0.1) is 0 Å². The minimum absolute atomic E-state index is 0.950. The molecule has 1 saturated heterocycles. The van der Waals surface area contributed by atoms with Crippen LogP contribution in [0.4, 0.5) is 5.69 Å². The second-order valence-corrected chi connectivity index (χ2v) is 7.44. The van der Waals surface area contributed by atoms with Gasteiger partial charge in [0, 0.05) is 13.1 Å². The van der Waals surface area contributed by atoms with Gasteiger partial charge in [0.1, 0.15) is 10.5 Å². The van der Waals surface area contributed by atoms with E-state index in [1.807, 2.05) is 11.3 Å². The minimum atomic E-state index is 0.950. The lowest BCUT2D eigenvalue weighted by Crippen LogP contribution is -2.28. The van der Waals surface area contributed by atoms with Crippen molar-refractivity contribution in [1.29, 1.82) is 0 Å². The van der Waals surface area contributed by atoms with Crippen LogP contribution >= 0.6 is 11.3 Å². The number of aromatic nitrogens is 1. The number of likely N-dealkylation sites (tertiary alicyclic amines) is 1. The third kappa shape index (κ3) is 3.97. The molecule has 1 aromatic heterocycles. The van der Waals surface area contributed by atoms with Crippen molar-refractivity contribution in [3.63, 3.8) is 0 Å². The Hall–Kier alpha value is -1.17. The first-order valence-corrected chi connectivity index (χ1v) is 9.03. The van der Waals surface area contributed by atoms with Gasteiger partial charge in [-0.05, 0) is 52.2 Å². The largest absolute Gasteiger partial charge is 0.382 e. The Morgan fingerprint density at radius 2 is 2.05 bits per heavy atom. The number of anilines is 1. The maximum absolute atomic E-state index is 4.91. The van der Waals surface area contributed by atoms with Crippen LogP contribution in [0.25, 0.3) is 10.2 Å². The van der Waals surface area contributed by atoms with Gasteiger partial charge in [-0.3, -0.25) is 4.90 Å². The van der Waals surface area contributed by atoms with Crippen molar-refractivity contribution in [2.24, 2.45) is 0 Å². The molecule has 1 fully saturated rings. The molecule has 0 spiro atoms. The van der Waals surface area contributed by atoms with Gasteiger partial charge in [-0.25, -0.2) is 4.98 Å². The molecule has 1 aromatic carbocycles. The van der Waals surface area contributed by atoms with Gasteiger partial charge in [0.15, 0.2) is 0 Å². The highest BCUT2D eigenvalue weighted by molar-refractivity contribution is 7.18. The number of fused-ring (bicyclic) bond motifs is 1. The van der Waals surface area contributed by atoms with E-state index in [1.54, 1.807) is 0 Å². The topological polar surface area (TPSA) is 31.4 Å². The lowest BCUT2D eigenvalue weighted by atomic mass is 10.1. The van der Waals surface area contributed by atoms with E-state index in [-0.39, 0.29) is 0 Å². The number of hydrogen-bond donors (Lipinski definition) is 1. The third-order valence-electron chi connectivity index (χ3n) is 4.15. The van der Waals surface area contributed by atoms with Gasteiger partial charge < -0.3 is 10.2 Å². The summed E-state index contributed by atoms with van der Waals surface area (Å²) in [6.07, 6.45) is 4.06. The highest BCUT2D eigenvalue weighted by Gasteiger charge is 2.14. The number of nitrogens with one attached hydrogen (secondary N) is 1. The van der Waals surface area contributed by atoms with E-state index in [4.69, 9.17) is 4.98 Å². The van der Waals surface area contributed by atoms with Crippen molar-refractivity contribution in [3.05, 3.63) is 23.2 Å². The molecule has 4 nitrogen and oxygen atoms in total. The molecular formula is C17H26N4S. The molecule has 0 atom stereocenters. The highest BCUT2D eigenvalue weighted by atomic mass is 32.1. The molecule has 0 saturated carbocycles. The fourth-order valence-electron chi connectivity index (χ4n) is 2.93. The van der Waals surface area contributed by atoms with Gasteiger partial charge in [-0.1, -0.05) is 12.5 Å². The first kappa shape index (κ1) is 15.7. The molecule has 0 unspecified atom stereocenters. The molecule has 5 heteroatoms. The maximum atomic E-state index is 4.91. The van der Waals surface area contributed by atoms with E-state index in [1.165, 1.54) is 47.7 Å². The molecule has 0 bridgehead atoms. The summed E-state index contributed by atoms with van der Waals surface area (Å²) < 4.78 is 1.29. The van der Waals surface area contributed by atoms with Crippen LogP contribution < -0.4 is 5.32 Å². The van der Waals surface area contributed by atoms with Crippen LogP contribution in [0.1, 0.15) is 24.3 Å². The summed E-state index contributed by atoms with van der Waals surface area (Å²) in [6, 6.07) is 6.45. The maximum Gasteiger partial charge on any atom is 0.108 e. The molecule has 0 radical (unpaired) electrons. The van der Waals surface area contributed by atoms with Gasteiger partial charge in [-0.2, -0.15) is 0 Å². The monoisotopic (exact) mass is 318 g/mol. The van der Waals surface area contributed by atoms with Crippen LogP contribution in [0.15, 0.2) is 18.2 Å². The molecular weight excluding hydrogens is 292 g/mol. The molecule has 22 heavy (non-hydrogen) atoms. The molecule has 3 rings (SSSR count). The summed E-state index contributed by atoms with van der Waals surface area (Å²) in [5.74, 6) is 0. The molecule has 120 valence electrons. The molecule has 2 aromatic rings. The Kier molecular flexibility index (Phi) is 5.28. The zero-order valence-corrected chi connectivity index (χ0v) is 14.5. The number of rotatable bonds is 6. The summed E-state index contributed by atoms with van der Waals surface area (Å²) in [5, 5.41) is 4.77. The van der Waals surface area contributed by atoms with E-state index in [0.29, 0.717) is 0 Å². The summed E-state index contributed by atoms with van der Waals surface area (Å²) in [6.45, 7) is 5.44. The number of piperidine rings is 1. The summed E-state index contributed by atoms with van der Waals surface area (Å²) in [4.78, 5) is 9.64. The van der Waals surface area contributed by atoms with Crippen molar-refractivity contribution in [1.82, 2.24) is 14.8 Å². The standard InChI is InChI=1S/C17H26N4S/c1-20(2)12-9-18-14-7-6-8-15-17(14)19-16(22-15)13-21-10-4-3-5-11-21/h6-8,18H,3-5,9-13H2,1-2H3. The first-order valence-electron chi connectivity index (χ1n) is 8.22. The SMILES string of the molecule is CN(C)CCNc1cccc2sc(CN3CCCCC3)nc12. The average molecular weight is 318 g/mol. The number of thiazole rings is 1. The van der Waals surface area contributed by atoms with E-state index in [0.717, 1.165) is 25.2 Å². The Morgan fingerprint density at radius 1 is 1.23 bits per heavy atom. The molecule has 0 amide bonds. The molecule has 2 heterocycles. The smallest absolute Gasteiger partial charge is 0.108 e. The van der Waals surface area contributed by atoms with E-state index in [9.17, 15) is 0 Å². The second kappa shape index (κ2) is 7.40. The molecule has 0 aliphatic carbocycles. The first-order chi connectivity index (χ1) is 10.7. The fourth-order valence-corrected chi connectivity index (χ4v) is 3.96. The molecule has 1 aliphatic heterocycles. The van der Waals surface area contributed by atoms with Crippen molar-refractivity contribution in [3.8, 4) is 0 Å². The Bertz CT molecular complexity index is 602. The second-order valence-electron chi connectivity index (χ2n) is 6.33. The Labute approximate surface area is 137 Å². The van der Waals surface area contributed by atoms with Crippen molar-refractivity contribution in [2.45, 2.75) is 25.8 Å². The number of likely N-dealkylation sites (N-methyl/N-ethyl adjacent to an activating group) is 1. The summed E-state index contributed by atoms with van der Waals surface area (Å²) in [7, 11) is 4.20. The number of benzene rings is 1. The van der Waals surface area contributed by atoms with Crippen molar-refractivity contribution < 1.29 is 0 Å². The van der Waals surface area contributed by atoms with E-state index in [2.05, 4.69) is 47.4 Å². The van der Waals surface area contributed by atoms with E-state index >= 15 is 0 Å². The van der Waals surface area contributed by atoms with Crippen LogP contribution in [-0.2, 0) is 6.54 Å². The van der Waals surface area contributed by atoms with Gasteiger partial charge >= 0.3 is 0 Å². The van der Waals surface area contributed by atoms with Gasteiger partial charge in [0.25, 0.3) is 0 Å². The lowest BCUT2D eigenvalue weighted by Gasteiger charge is -2.25. The Balaban J connectivity index is 1.71. The van der Waals surface area contributed by atoms with Crippen molar-refractivity contribution in [2.75, 3.05) is 45.6 Å². The number of hydrogen-bond acceptors (Lipinski definition) is 5. The third-order valence-corrected chi connectivity index (χ3v) is 5.15. The normalized spacial score (nSPS) is 16.5. The van der Waals surface area contributed by atoms with Crippen molar-refractivity contribution >= 4 is 27.2 Å². The number of para-hydroxylation sites is 1. The quantitative estimate of drug-likeness (QED) is 0.886. The Morgan fingerprint density at radius 3 is 2.82 bits per heavy atom. The van der Waals surface area contributed by atoms with Crippen LogP contribution in [-0.4, -0.2) is 55.1 Å². The number of nitrogens with zero attached hydrogens (tertiary/aromatic N) is 3. The van der Waals surface area contributed by atoms with Crippen LogP contribution in [0.3, 0.4) is 0 Å². The fraction of sp³-hybridized carbons (Fsp3) is 0.588. The zero-order chi connectivity index (χ0) is 15.4. The summed E-state index contributed by atoms with van der Waals surface area (Å²) in [5.41, 5.74) is 2.30. The molecule has 1 aliphatic rings. The molecule has 1 N–H and O–H groups in total. The van der Waals surface area contributed by atoms with Gasteiger partial charge in [0.05, 0.1) is 16.9 Å². The minimum Gasteiger partial charge on any atom is -0.382 e. The average Bonchev–Trinajstić information content (AvgIpc) is 2.91. The highest BCUT2D eigenvalue weighted by Crippen LogP contribution is 2.29. The van der Waals surface area contributed by atoms with Crippen LogP contribution in [0.5, 0.6) is 0 Å². The van der Waals surface area contributed by atoms with E-state index < -0.39 is 0 Å². The summed E-state index contributed by atoms with van der Waals surface area (Å²) >= 11 is 1.84. The van der Waals surface area contributed by atoms with Gasteiger partial charge in [-0.15, -0.1) is 11.3 Å². The predicted octanol–water partition coefficient (Wildman–Crippen LogP) is 3.26. The van der Waals surface area contributed by atoms with Gasteiger partial charge in [0.2, 0.25) is 0 Å². The predicted molar refractivity (Wildman–Crippen MR) is 95.8 cm³/mol. The zero-order valence-electron chi connectivity index (χ0n) is 13.6. The lowest BCUT2D eigenvalue weighted by molar-refractivity contribution is 0.221.